The van der Waals surface area contributed by atoms with Crippen LogP contribution in [0, 0.1) is 12.8 Å². The molecule has 1 aliphatic carbocycles. The maximum atomic E-state index is 12.2. The van der Waals surface area contributed by atoms with E-state index < -0.39 is 10.0 Å². The maximum Gasteiger partial charge on any atom is 0.282 e. The molecule has 0 saturated carbocycles. The highest BCUT2D eigenvalue weighted by Gasteiger charge is 2.18. The predicted molar refractivity (Wildman–Crippen MR) is 82.9 cm³/mol. The van der Waals surface area contributed by atoms with Crippen LogP contribution in [0.2, 0.25) is 0 Å². The molecule has 21 heavy (non-hydrogen) atoms. The lowest BCUT2D eigenvalue weighted by atomic mass is 9.94. The Bertz CT molecular complexity index is 751. The Labute approximate surface area is 125 Å². The molecule has 0 aliphatic heterocycles. The number of benzene rings is 1. The lowest BCUT2D eigenvalue weighted by molar-refractivity contribution is -0.111. The number of carbonyl (C=O) groups is 1. The van der Waals surface area contributed by atoms with E-state index in [4.69, 9.17) is 0 Å². The van der Waals surface area contributed by atoms with Crippen LogP contribution in [0.1, 0.15) is 19.4 Å². The molecule has 0 unspecified atom stereocenters. The SMILES string of the molecule is Cc1ccc(S(=O)(=O)N=C2C=CC(=O)C(C(C)C)=C2)cc1. The zero-order chi connectivity index (χ0) is 15.6. The second-order valence-electron chi connectivity index (χ2n) is 5.26. The topological polar surface area (TPSA) is 63.6 Å². The fraction of sp³-hybridized carbons (Fsp3) is 0.250. The average molecular weight is 303 g/mol. The molecule has 0 fully saturated rings. The maximum absolute atomic E-state index is 12.2. The summed E-state index contributed by atoms with van der Waals surface area (Å²) >= 11 is 0. The van der Waals surface area contributed by atoms with E-state index in [0.29, 0.717) is 5.57 Å². The third-order valence-electron chi connectivity index (χ3n) is 3.16. The Morgan fingerprint density at radius 3 is 2.24 bits per heavy atom. The van der Waals surface area contributed by atoms with E-state index in [2.05, 4.69) is 4.40 Å². The molecular weight excluding hydrogens is 286 g/mol. The summed E-state index contributed by atoms with van der Waals surface area (Å²) in [6, 6.07) is 6.50. The van der Waals surface area contributed by atoms with Gasteiger partial charge in [0, 0.05) is 5.57 Å². The fourth-order valence-electron chi connectivity index (χ4n) is 1.95. The molecule has 1 aromatic rings. The van der Waals surface area contributed by atoms with Gasteiger partial charge in [0.25, 0.3) is 10.0 Å². The molecule has 0 aromatic heterocycles. The van der Waals surface area contributed by atoms with Crippen molar-refractivity contribution in [1.29, 1.82) is 0 Å². The quantitative estimate of drug-likeness (QED) is 0.807. The van der Waals surface area contributed by atoms with E-state index in [1.807, 2.05) is 20.8 Å². The average Bonchev–Trinajstić information content (AvgIpc) is 2.41. The first-order valence-corrected chi connectivity index (χ1v) is 8.09. The third kappa shape index (κ3) is 3.55. The van der Waals surface area contributed by atoms with Gasteiger partial charge in [-0.25, -0.2) is 0 Å². The van der Waals surface area contributed by atoms with E-state index in [1.165, 1.54) is 24.3 Å². The van der Waals surface area contributed by atoms with Crippen molar-refractivity contribution < 1.29 is 13.2 Å². The van der Waals surface area contributed by atoms with Gasteiger partial charge in [0.15, 0.2) is 5.78 Å². The number of allylic oxidation sites excluding steroid dienone is 4. The van der Waals surface area contributed by atoms with Crippen LogP contribution in [0.15, 0.2) is 57.4 Å². The predicted octanol–water partition coefficient (Wildman–Crippen LogP) is 2.85. The van der Waals surface area contributed by atoms with Gasteiger partial charge in [0.1, 0.15) is 0 Å². The number of rotatable bonds is 3. The zero-order valence-electron chi connectivity index (χ0n) is 12.2. The van der Waals surface area contributed by atoms with Crippen molar-refractivity contribution in [2.45, 2.75) is 25.7 Å². The third-order valence-corrected chi connectivity index (χ3v) is 4.48. The summed E-state index contributed by atoms with van der Waals surface area (Å²) in [5.41, 5.74) is 1.82. The summed E-state index contributed by atoms with van der Waals surface area (Å²) in [5, 5.41) is 0. The van der Waals surface area contributed by atoms with Gasteiger partial charge in [-0.05, 0) is 43.2 Å². The van der Waals surface area contributed by atoms with Gasteiger partial charge in [-0.3, -0.25) is 4.79 Å². The molecule has 5 heteroatoms. The van der Waals surface area contributed by atoms with E-state index in [-0.39, 0.29) is 22.3 Å². The monoisotopic (exact) mass is 303 g/mol. The fourth-order valence-corrected chi connectivity index (χ4v) is 2.92. The van der Waals surface area contributed by atoms with Gasteiger partial charge in [0.05, 0.1) is 10.6 Å². The molecule has 0 amide bonds. The molecule has 0 N–H and O–H groups in total. The van der Waals surface area contributed by atoms with Gasteiger partial charge >= 0.3 is 0 Å². The summed E-state index contributed by atoms with van der Waals surface area (Å²) in [5.74, 6) is -0.0774. The molecule has 1 aromatic carbocycles. The highest BCUT2D eigenvalue weighted by atomic mass is 32.2. The van der Waals surface area contributed by atoms with E-state index in [1.54, 1.807) is 18.2 Å². The number of aryl methyl sites for hydroxylation is 1. The van der Waals surface area contributed by atoms with Crippen molar-refractivity contribution in [3.8, 4) is 0 Å². The summed E-state index contributed by atoms with van der Waals surface area (Å²) in [4.78, 5) is 11.8. The van der Waals surface area contributed by atoms with Gasteiger partial charge in [-0.2, -0.15) is 12.8 Å². The second kappa shape index (κ2) is 5.77. The zero-order valence-corrected chi connectivity index (χ0v) is 13.0. The van der Waals surface area contributed by atoms with Crippen molar-refractivity contribution in [2.75, 3.05) is 0 Å². The molecule has 0 spiro atoms. The molecular formula is C16H17NO3S. The second-order valence-corrected chi connectivity index (χ2v) is 6.86. The lowest BCUT2D eigenvalue weighted by Gasteiger charge is -2.11. The number of sulfonamides is 1. The Hall–Kier alpha value is -2.01. The first-order valence-electron chi connectivity index (χ1n) is 6.65. The van der Waals surface area contributed by atoms with Crippen LogP contribution < -0.4 is 0 Å². The molecule has 2 rings (SSSR count). The van der Waals surface area contributed by atoms with E-state index in [0.717, 1.165) is 5.56 Å². The van der Waals surface area contributed by atoms with Crippen molar-refractivity contribution >= 4 is 21.5 Å². The highest BCUT2D eigenvalue weighted by molar-refractivity contribution is 7.90. The largest absolute Gasteiger partial charge is 0.290 e. The van der Waals surface area contributed by atoms with Crippen LogP contribution in [0.4, 0.5) is 0 Å². The molecule has 110 valence electrons. The van der Waals surface area contributed by atoms with Gasteiger partial charge in [-0.15, -0.1) is 0 Å². The van der Waals surface area contributed by atoms with Gasteiger partial charge < -0.3 is 0 Å². The molecule has 0 atom stereocenters. The normalized spacial score (nSPS) is 17.4. The Morgan fingerprint density at radius 2 is 1.67 bits per heavy atom. The molecule has 0 saturated heterocycles. The molecule has 0 radical (unpaired) electrons. The number of nitrogens with zero attached hydrogens (tertiary/aromatic N) is 1. The summed E-state index contributed by atoms with van der Waals surface area (Å²) < 4.78 is 28.3. The standard InChI is InChI=1S/C16H17NO3S/c1-11(2)15-10-13(6-9-16(15)18)17-21(19,20)14-7-4-12(3)5-8-14/h4-11H,1-3H3. The van der Waals surface area contributed by atoms with E-state index in [9.17, 15) is 13.2 Å². The Balaban J connectivity index is 2.41. The first-order chi connectivity index (χ1) is 9.79. The minimum Gasteiger partial charge on any atom is -0.290 e. The van der Waals surface area contributed by atoms with Crippen molar-refractivity contribution in [2.24, 2.45) is 10.3 Å². The molecule has 4 nitrogen and oxygen atoms in total. The highest BCUT2D eigenvalue weighted by Crippen LogP contribution is 2.18. The number of hydrogen-bond acceptors (Lipinski definition) is 3. The van der Waals surface area contributed by atoms with Gasteiger partial charge in [0.2, 0.25) is 0 Å². The lowest BCUT2D eigenvalue weighted by Crippen LogP contribution is -2.13. The van der Waals surface area contributed by atoms with E-state index >= 15 is 0 Å². The molecule has 0 heterocycles. The van der Waals surface area contributed by atoms with Crippen LogP contribution in [-0.4, -0.2) is 19.9 Å². The molecule has 1 aliphatic rings. The summed E-state index contributed by atoms with van der Waals surface area (Å²) in [6.07, 6.45) is 4.33. The van der Waals surface area contributed by atoms with Crippen molar-refractivity contribution in [1.82, 2.24) is 0 Å². The summed E-state index contributed by atoms with van der Waals surface area (Å²) in [7, 11) is -3.76. The van der Waals surface area contributed by atoms with Gasteiger partial charge in [-0.1, -0.05) is 31.5 Å². The number of ketones is 1. The van der Waals surface area contributed by atoms with Crippen molar-refractivity contribution in [3.05, 3.63) is 53.6 Å². The van der Waals surface area contributed by atoms with Crippen LogP contribution in [0.5, 0.6) is 0 Å². The van der Waals surface area contributed by atoms with Crippen LogP contribution >= 0.6 is 0 Å². The van der Waals surface area contributed by atoms with Crippen LogP contribution in [0.25, 0.3) is 0 Å². The first kappa shape index (κ1) is 15.4. The Kier molecular flexibility index (Phi) is 4.23. The summed E-state index contributed by atoms with van der Waals surface area (Å²) in [6.45, 7) is 5.65. The van der Waals surface area contributed by atoms with Crippen LogP contribution in [0.3, 0.4) is 0 Å². The van der Waals surface area contributed by atoms with Crippen LogP contribution in [-0.2, 0) is 14.8 Å². The number of carbonyl (C=O) groups excluding carboxylic acids is 1. The van der Waals surface area contributed by atoms with Crippen molar-refractivity contribution in [3.63, 3.8) is 0 Å². The minimum atomic E-state index is -3.76. The smallest absolute Gasteiger partial charge is 0.282 e. The Morgan fingerprint density at radius 1 is 1.05 bits per heavy atom. The number of hydrogen-bond donors (Lipinski definition) is 0. The minimum absolute atomic E-state index is 0.0229. The molecule has 0 bridgehead atoms.